The Balaban J connectivity index is 1.13. The molecule has 0 saturated carbocycles. The Morgan fingerprint density at radius 3 is 1.79 bits per heavy atom. The number of benzene rings is 9. The van der Waals surface area contributed by atoms with Crippen LogP contribution in [0.1, 0.15) is 0 Å². The van der Waals surface area contributed by atoms with Gasteiger partial charge in [0.2, 0.25) is 0 Å². The second-order valence-corrected chi connectivity index (χ2v) is 14.8. The summed E-state index contributed by atoms with van der Waals surface area (Å²) in [6, 6.07) is 68.0. The van der Waals surface area contributed by atoms with E-state index in [1.165, 1.54) is 21.5 Å². The lowest BCUT2D eigenvalue weighted by atomic mass is 10.0. The molecule has 0 amide bonds. The third kappa shape index (κ3) is 5.07. The van der Waals surface area contributed by atoms with Gasteiger partial charge < -0.3 is 8.98 Å². The van der Waals surface area contributed by atoms with E-state index in [1.807, 2.05) is 18.2 Å². The first-order valence-electron chi connectivity index (χ1n) is 19.5. The van der Waals surface area contributed by atoms with Crippen molar-refractivity contribution in [3.63, 3.8) is 0 Å². The normalized spacial score (nSPS) is 11.8. The highest BCUT2D eigenvalue weighted by Gasteiger charge is 2.23. The minimum atomic E-state index is 0.545. The zero-order chi connectivity index (χ0) is 38.2. The summed E-state index contributed by atoms with van der Waals surface area (Å²) in [5.41, 5.74) is 9.77. The number of fused-ring (bicyclic) bond motifs is 8. The summed E-state index contributed by atoms with van der Waals surface area (Å²) in [6.07, 6.45) is 0. The van der Waals surface area contributed by atoms with Crippen molar-refractivity contribution < 1.29 is 4.42 Å². The zero-order valence-electron chi connectivity index (χ0n) is 31.2. The maximum atomic E-state index is 6.88. The van der Waals surface area contributed by atoms with Gasteiger partial charge in [0.15, 0.2) is 17.5 Å². The molecule has 3 heterocycles. The number of hydrogen-bond acceptors (Lipinski definition) is 4. The summed E-state index contributed by atoms with van der Waals surface area (Å²) >= 11 is 0. The first kappa shape index (κ1) is 32.4. The standard InChI is InChI=1S/C53H32N4O/c1-2-13-33(14-3-1)34-25-27-36(28-26-34)51-54-52(41-22-12-18-35-15-6-7-19-39(35)41)56-53(55-51)43-29-30-46(49-42-21-9-11-24-48(42)58-50(43)49)57-45-23-10-8-20-40(45)44-31-37-16-4-5-17-38(37)32-47(44)57/h1-32H. The van der Waals surface area contributed by atoms with Crippen molar-refractivity contribution in [1.82, 2.24) is 19.5 Å². The average molecular weight is 741 g/mol. The number of hydrogen-bond donors (Lipinski definition) is 0. The number of furan rings is 1. The van der Waals surface area contributed by atoms with Gasteiger partial charge in [-0.2, -0.15) is 0 Å². The molecule has 12 aromatic rings. The van der Waals surface area contributed by atoms with E-state index >= 15 is 0 Å². The Morgan fingerprint density at radius 1 is 0.362 bits per heavy atom. The van der Waals surface area contributed by atoms with E-state index in [9.17, 15) is 0 Å². The fourth-order valence-electron chi connectivity index (χ4n) is 8.70. The Labute approximate surface area is 333 Å². The fourth-order valence-corrected chi connectivity index (χ4v) is 8.70. The molecule has 0 aliphatic carbocycles. The second-order valence-electron chi connectivity index (χ2n) is 14.8. The first-order valence-corrected chi connectivity index (χ1v) is 19.5. The molecule has 0 spiro atoms. The number of nitrogens with zero attached hydrogens (tertiary/aromatic N) is 4. The zero-order valence-corrected chi connectivity index (χ0v) is 31.2. The van der Waals surface area contributed by atoms with Crippen molar-refractivity contribution in [2.75, 3.05) is 0 Å². The molecule has 9 aromatic carbocycles. The van der Waals surface area contributed by atoms with E-state index in [1.54, 1.807) is 0 Å². The van der Waals surface area contributed by atoms with E-state index in [2.05, 4.69) is 180 Å². The van der Waals surface area contributed by atoms with E-state index in [-0.39, 0.29) is 0 Å². The van der Waals surface area contributed by atoms with E-state index in [0.29, 0.717) is 17.5 Å². The molecule has 3 aromatic heterocycles. The maximum absolute atomic E-state index is 6.88. The molecule has 5 nitrogen and oxygen atoms in total. The van der Waals surface area contributed by atoms with Crippen molar-refractivity contribution in [1.29, 1.82) is 0 Å². The smallest absolute Gasteiger partial charge is 0.167 e. The molecule has 0 saturated heterocycles. The van der Waals surface area contributed by atoms with Crippen LogP contribution < -0.4 is 0 Å². The Kier molecular flexibility index (Phi) is 7.16. The molecule has 58 heavy (non-hydrogen) atoms. The van der Waals surface area contributed by atoms with Crippen LogP contribution in [0.25, 0.3) is 116 Å². The largest absolute Gasteiger partial charge is 0.455 e. The van der Waals surface area contributed by atoms with Crippen LogP contribution in [-0.4, -0.2) is 19.5 Å². The molecule has 5 heteroatoms. The third-order valence-electron chi connectivity index (χ3n) is 11.4. The van der Waals surface area contributed by atoms with Crippen molar-refractivity contribution >= 4 is 65.3 Å². The predicted octanol–water partition coefficient (Wildman–Crippen LogP) is 13.8. The number of rotatable bonds is 5. The SMILES string of the molecule is c1ccc(-c2ccc(-c3nc(-c4cccc5ccccc45)nc(-c4ccc(-n5c6ccccc6c6cc7ccccc7cc65)c5c4oc4ccccc45)n3)cc2)cc1. The van der Waals surface area contributed by atoms with Gasteiger partial charge in [-0.25, -0.2) is 15.0 Å². The summed E-state index contributed by atoms with van der Waals surface area (Å²) in [5, 5.41) is 9.06. The summed E-state index contributed by atoms with van der Waals surface area (Å²) in [4.78, 5) is 15.7. The van der Waals surface area contributed by atoms with Crippen LogP contribution in [0.15, 0.2) is 199 Å². The quantitative estimate of drug-likeness (QED) is 0.176. The van der Waals surface area contributed by atoms with Gasteiger partial charge >= 0.3 is 0 Å². The van der Waals surface area contributed by atoms with E-state index < -0.39 is 0 Å². The van der Waals surface area contributed by atoms with Crippen LogP contribution in [0.3, 0.4) is 0 Å². The summed E-state index contributed by atoms with van der Waals surface area (Å²) in [5.74, 6) is 1.74. The van der Waals surface area contributed by atoms with E-state index in [0.717, 1.165) is 77.2 Å². The molecule has 0 fully saturated rings. The monoisotopic (exact) mass is 740 g/mol. The van der Waals surface area contributed by atoms with Gasteiger partial charge in [-0.1, -0.05) is 158 Å². The molecule has 0 N–H and O–H groups in total. The van der Waals surface area contributed by atoms with Gasteiger partial charge in [-0.15, -0.1) is 0 Å². The summed E-state index contributed by atoms with van der Waals surface area (Å²) < 4.78 is 9.27. The van der Waals surface area contributed by atoms with Crippen LogP contribution in [0.2, 0.25) is 0 Å². The number of para-hydroxylation sites is 2. The van der Waals surface area contributed by atoms with Crippen LogP contribution in [0, 0.1) is 0 Å². The average Bonchev–Trinajstić information content (AvgIpc) is 3.84. The van der Waals surface area contributed by atoms with Crippen molar-refractivity contribution in [2.45, 2.75) is 0 Å². The highest BCUT2D eigenvalue weighted by molar-refractivity contribution is 6.18. The summed E-state index contributed by atoms with van der Waals surface area (Å²) in [7, 11) is 0. The van der Waals surface area contributed by atoms with Gasteiger partial charge in [-0.3, -0.25) is 0 Å². The van der Waals surface area contributed by atoms with Gasteiger partial charge in [0.05, 0.1) is 27.7 Å². The molecular formula is C53H32N4O. The Morgan fingerprint density at radius 2 is 0.966 bits per heavy atom. The van der Waals surface area contributed by atoms with Crippen molar-refractivity contribution in [3.8, 4) is 51.0 Å². The molecular weight excluding hydrogens is 709 g/mol. The minimum absolute atomic E-state index is 0.545. The van der Waals surface area contributed by atoms with Crippen LogP contribution in [0.5, 0.6) is 0 Å². The van der Waals surface area contributed by atoms with Gasteiger partial charge in [-0.05, 0) is 69.1 Å². The van der Waals surface area contributed by atoms with Crippen molar-refractivity contribution in [3.05, 3.63) is 194 Å². The van der Waals surface area contributed by atoms with Crippen LogP contribution in [0.4, 0.5) is 0 Å². The van der Waals surface area contributed by atoms with Crippen LogP contribution in [-0.2, 0) is 0 Å². The molecule has 270 valence electrons. The minimum Gasteiger partial charge on any atom is -0.455 e. The molecule has 0 aliphatic rings. The van der Waals surface area contributed by atoms with Gasteiger partial charge in [0.1, 0.15) is 11.2 Å². The lowest BCUT2D eigenvalue weighted by Crippen LogP contribution is -2.01. The lowest BCUT2D eigenvalue weighted by molar-refractivity contribution is 0.669. The second kappa shape index (κ2) is 12.8. The predicted molar refractivity (Wildman–Crippen MR) is 238 cm³/mol. The molecule has 0 bridgehead atoms. The van der Waals surface area contributed by atoms with E-state index in [4.69, 9.17) is 19.4 Å². The summed E-state index contributed by atoms with van der Waals surface area (Å²) in [6.45, 7) is 0. The lowest BCUT2D eigenvalue weighted by Gasteiger charge is -2.13. The first-order chi connectivity index (χ1) is 28.7. The third-order valence-corrected chi connectivity index (χ3v) is 11.4. The maximum Gasteiger partial charge on any atom is 0.167 e. The molecule has 0 atom stereocenters. The fraction of sp³-hybridized carbons (Fsp3) is 0. The molecule has 12 rings (SSSR count). The molecule has 0 aliphatic heterocycles. The molecule has 0 unspecified atom stereocenters. The molecule has 0 radical (unpaired) electrons. The number of aromatic nitrogens is 4. The van der Waals surface area contributed by atoms with Crippen molar-refractivity contribution in [2.24, 2.45) is 0 Å². The highest BCUT2D eigenvalue weighted by atomic mass is 16.3. The highest BCUT2D eigenvalue weighted by Crippen LogP contribution is 2.43. The van der Waals surface area contributed by atoms with Gasteiger partial charge in [0, 0.05) is 27.3 Å². The topological polar surface area (TPSA) is 56.7 Å². The van der Waals surface area contributed by atoms with Gasteiger partial charge in [0.25, 0.3) is 0 Å². The Bertz CT molecular complexity index is 3560. The Hall–Kier alpha value is -7.89. The van der Waals surface area contributed by atoms with Crippen LogP contribution >= 0.6 is 0 Å².